The van der Waals surface area contributed by atoms with Crippen LogP contribution in [0.25, 0.3) is 10.8 Å². The molecule has 0 amide bonds. The van der Waals surface area contributed by atoms with Crippen LogP contribution in [0.1, 0.15) is 12.1 Å². The lowest BCUT2D eigenvalue weighted by Crippen LogP contribution is -2.27. The molecule has 0 aliphatic carbocycles. The van der Waals surface area contributed by atoms with Crippen molar-refractivity contribution in [2.24, 2.45) is 0 Å². The van der Waals surface area contributed by atoms with Crippen molar-refractivity contribution in [1.29, 1.82) is 0 Å². The summed E-state index contributed by atoms with van der Waals surface area (Å²) in [5.41, 5.74) is 1.09. The van der Waals surface area contributed by atoms with Crippen molar-refractivity contribution in [1.82, 2.24) is 10.3 Å². The first-order chi connectivity index (χ1) is 9.88. The Labute approximate surface area is 119 Å². The second kappa shape index (κ2) is 6.20. The Morgan fingerprint density at radius 1 is 1.25 bits per heavy atom. The van der Waals surface area contributed by atoms with Gasteiger partial charge in [0.25, 0.3) is 0 Å². The van der Waals surface area contributed by atoms with Crippen molar-refractivity contribution >= 4 is 16.6 Å². The van der Waals surface area contributed by atoms with E-state index >= 15 is 0 Å². The van der Waals surface area contributed by atoms with Gasteiger partial charge in [-0.15, -0.1) is 0 Å². The molecule has 1 aliphatic rings. The third-order valence-electron chi connectivity index (χ3n) is 3.65. The molecule has 0 radical (unpaired) electrons. The highest BCUT2D eigenvalue weighted by molar-refractivity contribution is 5.92. The van der Waals surface area contributed by atoms with Gasteiger partial charge in [-0.3, -0.25) is 0 Å². The minimum absolute atomic E-state index is 0.784. The van der Waals surface area contributed by atoms with Crippen molar-refractivity contribution in [2.45, 2.75) is 13.0 Å². The molecule has 0 spiro atoms. The number of fused-ring (bicyclic) bond motifs is 1. The van der Waals surface area contributed by atoms with Gasteiger partial charge in [-0.2, -0.15) is 0 Å². The highest BCUT2D eigenvalue weighted by Gasteiger charge is 2.15. The molecule has 1 aliphatic heterocycles. The predicted molar refractivity (Wildman–Crippen MR) is 82.2 cm³/mol. The summed E-state index contributed by atoms with van der Waals surface area (Å²) in [4.78, 5) is 7.22. The first-order valence-corrected chi connectivity index (χ1v) is 7.24. The normalized spacial score (nSPS) is 16.4. The van der Waals surface area contributed by atoms with E-state index in [1.54, 1.807) is 0 Å². The predicted octanol–water partition coefficient (Wildman–Crippen LogP) is 2.18. The molecule has 0 saturated carbocycles. The van der Waals surface area contributed by atoms with E-state index < -0.39 is 0 Å². The van der Waals surface area contributed by atoms with Crippen molar-refractivity contribution in [2.75, 3.05) is 38.3 Å². The zero-order valence-corrected chi connectivity index (χ0v) is 11.9. The SMILES string of the molecule is CNCc1cc2ccccc2c(N2CCCOCC2)n1. The lowest BCUT2D eigenvalue weighted by atomic mass is 10.1. The molecule has 1 saturated heterocycles. The van der Waals surface area contributed by atoms with Gasteiger partial charge in [0, 0.05) is 31.6 Å². The summed E-state index contributed by atoms with van der Waals surface area (Å²) in [5.74, 6) is 1.10. The maximum absolute atomic E-state index is 5.55. The number of benzene rings is 1. The van der Waals surface area contributed by atoms with Gasteiger partial charge in [-0.25, -0.2) is 4.98 Å². The maximum atomic E-state index is 5.55. The molecule has 0 unspecified atom stereocenters. The first-order valence-electron chi connectivity index (χ1n) is 7.24. The number of nitrogens with zero attached hydrogens (tertiary/aromatic N) is 2. The minimum Gasteiger partial charge on any atom is -0.380 e. The number of pyridine rings is 1. The summed E-state index contributed by atoms with van der Waals surface area (Å²) in [6.07, 6.45) is 1.06. The molecular formula is C16H21N3O. The number of rotatable bonds is 3. The molecule has 2 heterocycles. The Morgan fingerprint density at radius 2 is 2.15 bits per heavy atom. The van der Waals surface area contributed by atoms with Crippen molar-refractivity contribution in [3.8, 4) is 0 Å². The van der Waals surface area contributed by atoms with Gasteiger partial charge in [0.2, 0.25) is 0 Å². The molecule has 0 bridgehead atoms. The van der Waals surface area contributed by atoms with Crippen LogP contribution in [0.4, 0.5) is 5.82 Å². The van der Waals surface area contributed by atoms with Gasteiger partial charge < -0.3 is 15.0 Å². The van der Waals surface area contributed by atoms with Crippen LogP contribution in [0.15, 0.2) is 30.3 Å². The van der Waals surface area contributed by atoms with E-state index in [-0.39, 0.29) is 0 Å². The molecule has 4 nitrogen and oxygen atoms in total. The summed E-state index contributed by atoms with van der Waals surface area (Å²) < 4.78 is 5.55. The number of ether oxygens (including phenoxy) is 1. The number of hydrogen-bond donors (Lipinski definition) is 1. The second-order valence-corrected chi connectivity index (χ2v) is 5.14. The van der Waals surface area contributed by atoms with E-state index in [4.69, 9.17) is 9.72 Å². The topological polar surface area (TPSA) is 37.4 Å². The summed E-state index contributed by atoms with van der Waals surface area (Å²) >= 11 is 0. The van der Waals surface area contributed by atoms with Crippen molar-refractivity contribution < 1.29 is 4.74 Å². The van der Waals surface area contributed by atoms with Gasteiger partial charge in [0.05, 0.1) is 12.3 Å². The fourth-order valence-electron chi connectivity index (χ4n) is 2.71. The quantitative estimate of drug-likeness (QED) is 0.928. The highest BCUT2D eigenvalue weighted by Crippen LogP contribution is 2.26. The third kappa shape index (κ3) is 2.76. The summed E-state index contributed by atoms with van der Waals surface area (Å²) in [7, 11) is 1.95. The molecule has 2 aromatic rings. The Morgan fingerprint density at radius 3 is 3.05 bits per heavy atom. The van der Waals surface area contributed by atoms with Gasteiger partial charge in [-0.05, 0) is 24.9 Å². The monoisotopic (exact) mass is 271 g/mol. The summed E-state index contributed by atoms with van der Waals surface area (Å²) in [6.45, 7) is 4.36. The zero-order valence-electron chi connectivity index (χ0n) is 11.9. The van der Waals surface area contributed by atoms with Crippen LogP contribution in [0, 0.1) is 0 Å². The van der Waals surface area contributed by atoms with E-state index in [9.17, 15) is 0 Å². The largest absolute Gasteiger partial charge is 0.380 e. The summed E-state index contributed by atoms with van der Waals surface area (Å²) in [6, 6.07) is 10.7. The van der Waals surface area contributed by atoms with Crippen LogP contribution >= 0.6 is 0 Å². The third-order valence-corrected chi connectivity index (χ3v) is 3.65. The van der Waals surface area contributed by atoms with Crippen LogP contribution in [0.3, 0.4) is 0 Å². The minimum atomic E-state index is 0.784. The zero-order chi connectivity index (χ0) is 13.8. The number of aromatic nitrogens is 1. The number of nitrogens with one attached hydrogen (secondary N) is 1. The van der Waals surface area contributed by atoms with Crippen LogP contribution in [0.2, 0.25) is 0 Å². The van der Waals surface area contributed by atoms with E-state index in [1.807, 2.05) is 7.05 Å². The second-order valence-electron chi connectivity index (χ2n) is 5.14. The molecule has 1 aromatic carbocycles. The first kappa shape index (κ1) is 13.3. The number of hydrogen-bond acceptors (Lipinski definition) is 4. The average Bonchev–Trinajstić information content (AvgIpc) is 2.76. The standard InChI is InChI=1S/C16H21N3O/c1-17-12-14-11-13-5-2-3-6-15(13)16(18-14)19-7-4-9-20-10-8-19/h2-3,5-6,11,17H,4,7-10,12H2,1H3. The van der Waals surface area contributed by atoms with Gasteiger partial charge >= 0.3 is 0 Å². The van der Waals surface area contributed by atoms with Gasteiger partial charge in [0.1, 0.15) is 5.82 Å². The Kier molecular flexibility index (Phi) is 4.14. The van der Waals surface area contributed by atoms with Gasteiger partial charge in [-0.1, -0.05) is 24.3 Å². The fraction of sp³-hybridized carbons (Fsp3) is 0.438. The lowest BCUT2D eigenvalue weighted by Gasteiger charge is -2.23. The van der Waals surface area contributed by atoms with Crippen LogP contribution in [-0.4, -0.2) is 38.3 Å². The van der Waals surface area contributed by atoms with Gasteiger partial charge in [0.15, 0.2) is 0 Å². The molecule has 1 N–H and O–H groups in total. The molecule has 4 heteroatoms. The van der Waals surface area contributed by atoms with Crippen LogP contribution in [-0.2, 0) is 11.3 Å². The van der Waals surface area contributed by atoms with E-state index in [0.717, 1.165) is 50.8 Å². The molecule has 106 valence electrons. The highest BCUT2D eigenvalue weighted by atomic mass is 16.5. The smallest absolute Gasteiger partial charge is 0.136 e. The molecular weight excluding hydrogens is 250 g/mol. The Balaban J connectivity index is 2.06. The Hall–Kier alpha value is -1.65. The maximum Gasteiger partial charge on any atom is 0.136 e. The lowest BCUT2D eigenvalue weighted by molar-refractivity contribution is 0.152. The molecule has 1 aromatic heterocycles. The molecule has 1 fully saturated rings. The fourth-order valence-corrected chi connectivity index (χ4v) is 2.71. The molecule has 20 heavy (non-hydrogen) atoms. The van der Waals surface area contributed by atoms with Crippen LogP contribution < -0.4 is 10.2 Å². The van der Waals surface area contributed by atoms with E-state index in [1.165, 1.54) is 10.8 Å². The molecule has 0 atom stereocenters. The Bertz CT molecular complexity index is 577. The average molecular weight is 271 g/mol. The number of anilines is 1. The van der Waals surface area contributed by atoms with Crippen molar-refractivity contribution in [3.05, 3.63) is 36.0 Å². The van der Waals surface area contributed by atoms with Crippen molar-refractivity contribution in [3.63, 3.8) is 0 Å². The van der Waals surface area contributed by atoms with Crippen LogP contribution in [0.5, 0.6) is 0 Å². The molecule has 3 rings (SSSR count). The van der Waals surface area contributed by atoms with E-state index in [2.05, 4.69) is 40.5 Å². The summed E-state index contributed by atoms with van der Waals surface area (Å²) in [5, 5.41) is 5.67. The van der Waals surface area contributed by atoms with E-state index in [0.29, 0.717) is 0 Å².